The Kier molecular flexibility index (Phi) is 19.3. The molecule has 0 saturated carbocycles. The summed E-state index contributed by atoms with van der Waals surface area (Å²) in [6, 6.07) is 69.7. The molecule has 374 valence electrons. The van der Waals surface area contributed by atoms with Gasteiger partial charge < -0.3 is 52.5 Å². The van der Waals surface area contributed by atoms with Crippen molar-refractivity contribution in [1.82, 2.24) is 0 Å². The molecule has 2 aliphatic heterocycles. The molecule has 0 spiro atoms. The Labute approximate surface area is 423 Å². The molecule has 0 bridgehead atoms. The summed E-state index contributed by atoms with van der Waals surface area (Å²) < 4.78 is 69.2. The zero-order valence-corrected chi connectivity index (χ0v) is 40.4. The van der Waals surface area contributed by atoms with Crippen molar-refractivity contribution in [3.63, 3.8) is 0 Å². The Balaban J connectivity index is 1.09. The van der Waals surface area contributed by atoms with Crippen molar-refractivity contribution >= 4 is 0 Å². The minimum atomic E-state index is -1.18. The quantitative estimate of drug-likeness (QED) is 0.0591. The molecule has 0 aliphatic carbocycles. The molecule has 0 radical (unpaired) electrons. The maximum atomic E-state index is 11.2. The van der Waals surface area contributed by atoms with E-state index in [-0.39, 0.29) is 46.2 Å². The number of aliphatic hydroxyl groups is 1. The highest BCUT2D eigenvalue weighted by Gasteiger charge is 2.54. The third-order valence-corrected chi connectivity index (χ3v) is 12.7. The van der Waals surface area contributed by atoms with E-state index in [2.05, 4.69) is 0 Å². The number of rotatable bonds is 25. The smallest absolute Gasteiger partial charge is 0.190 e. The Hall–Kier alpha value is -5.90. The largest absolute Gasteiger partial charge is 0.394 e. The van der Waals surface area contributed by atoms with Crippen LogP contribution in [0, 0.1) is 0 Å². The van der Waals surface area contributed by atoms with Crippen LogP contribution in [0.5, 0.6) is 0 Å². The lowest BCUT2D eigenvalue weighted by molar-refractivity contribution is -0.394. The predicted octanol–water partition coefficient (Wildman–Crippen LogP) is 10.2. The molecule has 2 saturated heterocycles. The fourth-order valence-electron chi connectivity index (χ4n) is 8.99. The average Bonchev–Trinajstić information content (AvgIpc) is 3.44. The van der Waals surface area contributed by atoms with Crippen LogP contribution in [0.4, 0.5) is 0 Å². The van der Waals surface area contributed by atoms with E-state index in [1.165, 1.54) is 0 Å². The molecule has 0 unspecified atom stereocenters. The minimum absolute atomic E-state index is 0.127. The van der Waals surface area contributed by atoms with Gasteiger partial charge in [0.05, 0.1) is 59.5 Å². The maximum absolute atomic E-state index is 11.2. The first kappa shape index (κ1) is 51.0. The Bertz CT molecular complexity index is 2550. The highest BCUT2D eigenvalue weighted by atomic mass is 16.8. The zero-order valence-electron chi connectivity index (χ0n) is 40.4. The minimum Gasteiger partial charge on any atom is -0.394 e. The molecule has 0 aromatic heterocycles. The molecule has 1 N–H and O–H groups in total. The van der Waals surface area contributed by atoms with Gasteiger partial charge in [-0.15, -0.1) is 0 Å². The van der Waals surface area contributed by atoms with Crippen LogP contribution < -0.4 is 0 Å². The van der Waals surface area contributed by atoms with Gasteiger partial charge in [-0.3, -0.25) is 0 Å². The van der Waals surface area contributed by atoms with Crippen molar-refractivity contribution in [3.05, 3.63) is 251 Å². The molecular formula is C61H64O11. The first-order valence-electron chi connectivity index (χ1n) is 24.8. The second-order valence-corrected chi connectivity index (χ2v) is 18.0. The lowest BCUT2D eigenvalue weighted by atomic mass is 9.96. The number of hydrogen-bond acceptors (Lipinski definition) is 11. The first-order valence-corrected chi connectivity index (χ1v) is 24.8. The van der Waals surface area contributed by atoms with E-state index in [1.54, 1.807) is 0 Å². The molecule has 11 heteroatoms. The third-order valence-electron chi connectivity index (χ3n) is 12.7. The highest BCUT2D eigenvalue weighted by molar-refractivity contribution is 5.19. The second kappa shape index (κ2) is 27.2. The van der Waals surface area contributed by atoms with Crippen molar-refractivity contribution in [2.45, 2.75) is 108 Å². The molecule has 11 nitrogen and oxygen atoms in total. The van der Waals surface area contributed by atoms with Crippen molar-refractivity contribution < 1.29 is 52.5 Å². The van der Waals surface area contributed by atoms with Gasteiger partial charge in [0.1, 0.15) is 48.8 Å². The summed E-state index contributed by atoms with van der Waals surface area (Å²) in [4.78, 5) is 0. The number of hydrogen-bond donors (Lipinski definition) is 1. The van der Waals surface area contributed by atoms with E-state index >= 15 is 0 Å². The summed E-state index contributed by atoms with van der Waals surface area (Å²) in [5, 5.41) is 11.2. The summed E-state index contributed by atoms with van der Waals surface area (Å²) in [5.74, 6) is 0. The standard InChI is InChI=1S/C61H64O11/c62-36-52-54(64-38-46-24-10-2-11-25-46)56(66-40-48-28-14-4-15-29-48)58(68-42-50-32-18-6-19-33-50)60(70-52)72-61-59(69-43-51-34-20-7-21-35-51)57(67-41-49-30-16-5-17-31-49)55(65-39-47-26-12-3-13-27-47)53(71-61)44-63-37-45-22-8-1-9-23-45/h1-35,52-62H,36-44H2/t52-,53-,54-,55-,56+,57+,58-,59-,60+,61+/m1/s1. The Morgan fingerprint density at radius 3 is 0.847 bits per heavy atom. The molecule has 7 aromatic carbocycles. The van der Waals surface area contributed by atoms with Gasteiger partial charge in [-0.05, 0) is 38.9 Å². The Morgan fingerprint density at radius 1 is 0.292 bits per heavy atom. The normalized spacial score (nSPS) is 24.2. The van der Waals surface area contributed by atoms with Gasteiger partial charge >= 0.3 is 0 Å². The topological polar surface area (TPSA) is 113 Å². The van der Waals surface area contributed by atoms with Crippen LogP contribution in [0.1, 0.15) is 38.9 Å². The van der Waals surface area contributed by atoms with Crippen LogP contribution in [0.15, 0.2) is 212 Å². The van der Waals surface area contributed by atoms with Crippen LogP contribution in [0.25, 0.3) is 0 Å². The molecule has 2 aliphatic rings. The lowest BCUT2D eigenvalue weighted by Crippen LogP contribution is -2.66. The van der Waals surface area contributed by atoms with E-state index < -0.39 is 68.0 Å². The predicted molar refractivity (Wildman–Crippen MR) is 272 cm³/mol. The van der Waals surface area contributed by atoms with Crippen LogP contribution in [0.2, 0.25) is 0 Å². The van der Waals surface area contributed by atoms with Crippen molar-refractivity contribution in [2.75, 3.05) is 13.2 Å². The summed E-state index contributed by atoms with van der Waals surface area (Å²) in [7, 11) is 0. The molecule has 10 atom stereocenters. The SMILES string of the molecule is OC[C@H]1O[C@@H](O[C@@H]2O[C@H](COCc3ccccc3)[C@@H](OCc3ccccc3)[C@H](OCc3ccccc3)[C@H]2OCc2ccccc2)[C@H](OCc2ccccc2)[C@@H](OCc2ccccc2)[C@@H]1OCc1ccccc1. The van der Waals surface area contributed by atoms with Gasteiger partial charge in [0.15, 0.2) is 12.6 Å². The summed E-state index contributed by atoms with van der Waals surface area (Å²) in [5.41, 5.74) is 6.75. The van der Waals surface area contributed by atoms with Crippen molar-refractivity contribution in [1.29, 1.82) is 0 Å². The van der Waals surface area contributed by atoms with Crippen LogP contribution in [-0.4, -0.2) is 79.7 Å². The molecule has 7 aromatic rings. The molecule has 0 amide bonds. The molecular weight excluding hydrogens is 909 g/mol. The molecule has 2 heterocycles. The summed E-state index contributed by atoms with van der Waals surface area (Å²) in [6.07, 6.45) is -8.85. The van der Waals surface area contributed by atoms with E-state index in [4.69, 9.17) is 47.4 Å². The average molecular weight is 973 g/mol. The molecule has 72 heavy (non-hydrogen) atoms. The van der Waals surface area contributed by atoms with Gasteiger partial charge in [-0.25, -0.2) is 0 Å². The fraction of sp³-hybridized carbons (Fsp3) is 0.311. The molecule has 9 rings (SSSR count). The number of ether oxygens (including phenoxy) is 10. The van der Waals surface area contributed by atoms with E-state index in [9.17, 15) is 5.11 Å². The van der Waals surface area contributed by atoms with E-state index in [0.717, 1.165) is 38.9 Å². The maximum Gasteiger partial charge on any atom is 0.190 e. The lowest BCUT2D eigenvalue weighted by Gasteiger charge is -2.49. The van der Waals surface area contributed by atoms with Crippen molar-refractivity contribution in [3.8, 4) is 0 Å². The summed E-state index contributed by atoms with van der Waals surface area (Å²) in [6.45, 7) is 1.46. The van der Waals surface area contributed by atoms with Crippen LogP contribution >= 0.6 is 0 Å². The van der Waals surface area contributed by atoms with Gasteiger partial charge in [0, 0.05) is 0 Å². The van der Waals surface area contributed by atoms with Gasteiger partial charge in [-0.2, -0.15) is 0 Å². The van der Waals surface area contributed by atoms with E-state index in [0.29, 0.717) is 6.61 Å². The number of benzene rings is 7. The van der Waals surface area contributed by atoms with Crippen molar-refractivity contribution in [2.24, 2.45) is 0 Å². The molecule has 2 fully saturated rings. The van der Waals surface area contributed by atoms with Crippen LogP contribution in [0.3, 0.4) is 0 Å². The van der Waals surface area contributed by atoms with Gasteiger partial charge in [0.25, 0.3) is 0 Å². The number of aliphatic hydroxyl groups excluding tert-OH is 1. The Morgan fingerprint density at radius 2 is 0.542 bits per heavy atom. The monoisotopic (exact) mass is 972 g/mol. The zero-order chi connectivity index (χ0) is 49.0. The third kappa shape index (κ3) is 14.6. The first-order chi connectivity index (χ1) is 35.7. The van der Waals surface area contributed by atoms with Gasteiger partial charge in [-0.1, -0.05) is 212 Å². The fourth-order valence-corrected chi connectivity index (χ4v) is 8.99. The van der Waals surface area contributed by atoms with Gasteiger partial charge in [0.2, 0.25) is 0 Å². The van der Waals surface area contributed by atoms with Crippen LogP contribution in [-0.2, 0) is 93.6 Å². The summed E-state index contributed by atoms with van der Waals surface area (Å²) >= 11 is 0. The van der Waals surface area contributed by atoms with E-state index in [1.807, 2.05) is 212 Å². The second-order valence-electron chi connectivity index (χ2n) is 18.0. The highest BCUT2D eigenvalue weighted by Crippen LogP contribution is 2.37.